The fourth-order valence-electron chi connectivity index (χ4n) is 7.68. The van der Waals surface area contributed by atoms with Crippen LogP contribution in [-0.4, -0.2) is 52.7 Å². The number of aliphatic hydroxyl groups is 1. The predicted molar refractivity (Wildman–Crippen MR) is 181 cm³/mol. The molecular weight excluding hydrogens is 622 g/mol. The van der Waals surface area contributed by atoms with Gasteiger partial charge in [0, 0.05) is 29.9 Å². The van der Waals surface area contributed by atoms with E-state index in [9.17, 15) is 19.5 Å². The van der Waals surface area contributed by atoms with Gasteiger partial charge in [0.05, 0.1) is 0 Å². The van der Waals surface area contributed by atoms with Crippen LogP contribution in [0, 0.1) is 11.8 Å². The highest BCUT2D eigenvalue weighted by atomic mass is 16.5. The molecule has 0 saturated carbocycles. The normalized spacial score (nSPS) is 23.8. The quantitative estimate of drug-likeness (QED) is 0.249. The molecule has 0 fully saturated rings. The van der Waals surface area contributed by atoms with Gasteiger partial charge < -0.3 is 35.1 Å². The molecule has 3 amide bonds. The first-order valence-corrected chi connectivity index (χ1v) is 16.9. The molecule has 5 heterocycles. The van der Waals surface area contributed by atoms with Crippen molar-refractivity contribution in [3.8, 4) is 5.75 Å². The first kappa shape index (κ1) is 31.1. The maximum atomic E-state index is 14.8. The van der Waals surface area contributed by atoms with Crippen LogP contribution in [0.1, 0.15) is 78.1 Å². The number of carbonyl (C=O) groups is 3. The predicted octanol–water partition coefficient (Wildman–Crippen LogP) is 4.23. The molecule has 1 aromatic heterocycles. The number of hydrogen-bond acceptors (Lipinski definition) is 8. The van der Waals surface area contributed by atoms with E-state index in [4.69, 9.17) is 14.1 Å². The number of nitrogens with zero attached hydrogens (tertiary/aromatic N) is 2. The van der Waals surface area contributed by atoms with Crippen molar-refractivity contribution in [2.45, 2.75) is 70.4 Å². The lowest BCUT2D eigenvalue weighted by Gasteiger charge is -2.29. The Hall–Kier alpha value is -5.16. The Balaban J connectivity index is 1.35. The summed E-state index contributed by atoms with van der Waals surface area (Å²) in [6.45, 7) is 7.84. The Kier molecular flexibility index (Phi) is 7.29. The molecule has 8 rings (SSSR count). The maximum Gasteiger partial charge on any atom is 0.280 e. The smallest absolute Gasteiger partial charge is 0.280 e. The van der Waals surface area contributed by atoms with Gasteiger partial charge in [-0.3, -0.25) is 14.4 Å². The first-order chi connectivity index (χ1) is 23.6. The lowest BCUT2D eigenvalue weighted by Crippen LogP contribution is -2.52. The van der Waals surface area contributed by atoms with Crippen molar-refractivity contribution >= 4 is 29.1 Å². The molecule has 3 aromatic carbocycles. The molecule has 4 N–H and O–H groups in total. The lowest BCUT2D eigenvalue weighted by atomic mass is 9.72. The standard InChI is InChI=1S/C38H39N5O6/c1-19(2)29-35-42-30(36(47)43-16-15-22-9-5-8-12-27(22)43)32(49-35)38-23-10-6-7-11-25(23)40-37(38)48-28-14-13-21(17-24(28)38)18-26(33(45)41-29)39-34(46)31(44)20(3)4/h5-14,17,19-20,26,29,31,37,40,44H,15-16,18H2,1-4H3,(H,39,46)(H,41,45)/t26-,29-,31-,37-,38?/m0/s1. The van der Waals surface area contributed by atoms with E-state index in [1.165, 1.54) is 0 Å². The van der Waals surface area contributed by atoms with Gasteiger partial charge in [-0.05, 0) is 53.1 Å². The number of para-hydroxylation sites is 2. The van der Waals surface area contributed by atoms with Crippen LogP contribution in [0.2, 0.25) is 0 Å². The molecule has 5 atom stereocenters. The highest BCUT2D eigenvalue weighted by molar-refractivity contribution is 6.07. The summed E-state index contributed by atoms with van der Waals surface area (Å²) in [4.78, 5) is 48.6. The minimum atomic E-state index is -1.29. The van der Waals surface area contributed by atoms with Crippen molar-refractivity contribution in [1.82, 2.24) is 15.6 Å². The number of nitrogens with one attached hydrogen (secondary N) is 3. The van der Waals surface area contributed by atoms with E-state index in [2.05, 4.69) is 16.0 Å². The number of aliphatic hydroxyl groups excluding tert-OH is 1. The van der Waals surface area contributed by atoms with E-state index in [1.807, 2.05) is 80.6 Å². The highest BCUT2D eigenvalue weighted by Crippen LogP contribution is 2.58. The summed E-state index contributed by atoms with van der Waals surface area (Å²) in [5.74, 6) is -0.792. The number of hydrogen-bond donors (Lipinski definition) is 4. The van der Waals surface area contributed by atoms with Crippen molar-refractivity contribution in [1.29, 1.82) is 0 Å². The number of anilines is 2. The minimum absolute atomic E-state index is 0.152. The van der Waals surface area contributed by atoms with Gasteiger partial charge >= 0.3 is 0 Å². The third kappa shape index (κ3) is 4.74. The number of rotatable bonds is 5. The lowest BCUT2D eigenvalue weighted by molar-refractivity contribution is -0.135. The highest BCUT2D eigenvalue weighted by Gasteiger charge is 2.61. The number of aromatic nitrogens is 1. The number of amides is 3. The van der Waals surface area contributed by atoms with Crippen molar-refractivity contribution in [2.75, 3.05) is 16.8 Å². The molecular formula is C38H39N5O6. The van der Waals surface area contributed by atoms with E-state index in [0.717, 1.165) is 40.0 Å². The van der Waals surface area contributed by atoms with Gasteiger partial charge in [0.15, 0.2) is 17.7 Å². The van der Waals surface area contributed by atoms with Crippen LogP contribution in [0.5, 0.6) is 5.75 Å². The zero-order valence-electron chi connectivity index (χ0n) is 27.8. The molecule has 252 valence electrons. The Morgan fingerprint density at radius 3 is 2.59 bits per heavy atom. The van der Waals surface area contributed by atoms with Gasteiger partial charge in [0.1, 0.15) is 29.4 Å². The molecule has 49 heavy (non-hydrogen) atoms. The Morgan fingerprint density at radius 2 is 1.80 bits per heavy atom. The maximum absolute atomic E-state index is 14.8. The summed E-state index contributed by atoms with van der Waals surface area (Å²) >= 11 is 0. The van der Waals surface area contributed by atoms with Gasteiger partial charge in [-0.2, -0.15) is 0 Å². The van der Waals surface area contributed by atoms with Gasteiger partial charge in [-0.25, -0.2) is 4.98 Å². The monoisotopic (exact) mass is 661 g/mol. The fraction of sp³-hybridized carbons (Fsp3) is 0.368. The molecule has 0 radical (unpaired) electrons. The topological polar surface area (TPSA) is 146 Å². The molecule has 11 heteroatoms. The molecule has 0 saturated heterocycles. The van der Waals surface area contributed by atoms with E-state index in [1.54, 1.807) is 18.7 Å². The average molecular weight is 662 g/mol. The zero-order chi connectivity index (χ0) is 34.2. The van der Waals surface area contributed by atoms with Crippen molar-refractivity contribution < 1.29 is 28.6 Å². The Labute approximate surface area is 284 Å². The summed E-state index contributed by atoms with van der Waals surface area (Å²) in [5, 5.41) is 19.9. The first-order valence-electron chi connectivity index (χ1n) is 16.9. The molecule has 1 spiro atoms. The van der Waals surface area contributed by atoms with Gasteiger partial charge in [-0.15, -0.1) is 0 Å². The van der Waals surface area contributed by atoms with Crippen LogP contribution in [0.3, 0.4) is 0 Å². The minimum Gasteiger partial charge on any atom is -0.469 e. The SMILES string of the molecule is CC(C)[C@H](O)C(=O)N[C@H]1Cc2ccc3c(c2)C2(c4ccccc4N[C@H]2O3)c2oc(nc2C(=O)N2CCc3ccccc32)[C@H](C(C)C)NC1=O. The van der Waals surface area contributed by atoms with Crippen molar-refractivity contribution in [3.63, 3.8) is 0 Å². The molecule has 0 aliphatic carbocycles. The molecule has 11 nitrogen and oxygen atoms in total. The van der Waals surface area contributed by atoms with E-state index >= 15 is 0 Å². The van der Waals surface area contributed by atoms with Crippen LogP contribution in [0.4, 0.5) is 11.4 Å². The Morgan fingerprint density at radius 1 is 1.02 bits per heavy atom. The summed E-state index contributed by atoms with van der Waals surface area (Å²) in [6.07, 6.45) is -1.06. The van der Waals surface area contributed by atoms with Crippen LogP contribution in [0.25, 0.3) is 0 Å². The van der Waals surface area contributed by atoms with E-state index < -0.39 is 41.6 Å². The van der Waals surface area contributed by atoms with Crippen LogP contribution in [-0.2, 0) is 27.8 Å². The van der Waals surface area contributed by atoms with E-state index in [0.29, 0.717) is 18.1 Å². The molecule has 4 bridgehead atoms. The van der Waals surface area contributed by atoms with E-state index in [-0.39, 0.29) is 35.7 Å². The van der Waals surface area contributed by atoms with Gasteiger partial charge in [0.25, 0.3) is 5.91 Å². The van der Waals surface area contributed by atoms with Crippen LogP contribution >= 0.6 is 0 Å². The van der Waals surface area contributed by atoms with Crippen molar-refractivity contribution in [3.05, 3.63) is 106 Å². The third-order valence-electron chi connectivity index (χ3n) is 10.3. The third-order valence-corrected chi connectivity index (χ3v) is 10.3. The van der Waals surface area contributed by atoms with Gasteiger partial charge in [-0.1, -0.05) is 76.2 Å². The summed E-state index contributed by atoms with van der Waals surface area (Å²) in [6, 6.07) is 19.7. The number of ether oxygens (including phenoxy) is 1. The fourth-order valence-corrected chi connectivity index (χ4v) is 7.68. The number of benzene rings is 3. The second kappa shape index (κ2) is 11.5. The number of oxazole rings is 1. The summed E-state index contributed by atoms with van der Waals surface area (Å²) in [7, 11) is 0. The molecule has 4 aliphatic heterocycles. The number of fused-ring (bicyclic) bond motifs is 5. The second-order valence-electron chi connectivity index (χ2n) is 14.1. The second-order valence-corrected chi connectivity index (χ2v) is 14.1. The van der Waals surface area contributed by atoms with Crippen LogP contribution < -0.4 is 25.6 Å². The molecule has 1 unspecified atom stereocenters. The largest absolute Gasteiger partial charge is 0.469 e. The van der Waals surface area contributed by atoms with Crippen LogP contribution in [0.15, 0.2) is 71.1 Å². The summed E-state index contributed by atoms with van der Waals surface area (Å²) < 4.78 is 13.5. The number of carbonyl (C=O) groups excluding carboxylic acids is 3. The average Bonchev–Trinajstić information content (AvgIpc) is 3.85. The molecule has 4 aromatic rings. The van der Waals surface area contributed by atoms with Crippen molar-refractivity contribution in [2.24, 2.45) is 11.8 Å². The Bertz CT molecular complexity index is 2000. The molecule has 4 aliphatic rings. The zero-order valence-corrected chi connectivity index (χ0v) is 27.8. The summed E-state index contributed by atoms with van der Waals surface area (Å²) in [5.41, 5.74) is 4.21. The van der Waals surface area contributed by atoms with Gasteiger partial charge in [0.2, 0.25) is 17.7 Å².